The number of ether oxygens (including phenoxy) is 2. The molecule has 0 aromatic heterocycles. The van der Waals surface area contributed by atoms with Crippen LogP contribution in [-0.4, -0.2) is 58.8 Å². The minimum absolute atomic E-state index is 0.0269. The highest BCUT2D eigenvalue weighted by molar-refractivity contribution is 7.52. The molecule has 2 aliphatic heterocycles. The Bertz CT molecular complexity index is 1310. The minimum atomic E-state index is -4.41. The SMILES string of the molecule is C=C1N=C(N)C=CN1[C@@H]1O[C@H](COP(=O)(N[C@@H](C)C(=O)OCc2ccccc2)Oc2ccccc2)[C@H](O)C1(F)F. The molecule has 14 heteroatoms. The number of hydrogen-bond donors (Lipinski definition) is 3. The van der Waals surface area contributed by atoms with Gasteiger partial charge in [-0.2, -0.15) is 13.9 Å². The Morgan fingerprint density at radius 3 is 2.55 bits per heavy atom. The number of carbonyl (C=O) groups is 1. The summed E-state index contributed by atoms with van der Waals surface area (Å²) in [6, 6.07) is 15.6. The molecule has 2 aliphatic rings. The summed E-state index contributed by atoms with van der Waals surface area (Å²) >= 11 is 0. The molecule has 4 N–H and O–H groups in total. The van der Waals surface area contributed by atoms with Crippen molar-refractivity contribution in [1.82, 2.24) is 9.99 Å². The molecule has 0 saturated carbocycles. The summed E-state index contributed by atoms with van der Waals surface area (Å²) in [5.74, 6) is -4.51. The van der Waals surface area contributed by atoms with Crippen LogP contribution in [0.5, 0.6) is 5.75 Å². The molecule has 0 radical (unpaired) electrons. The number of aliphatic hydroxyl groups is 1. The van der Waals surface area contributed by atoms with Crippen molar-refractivity contribution < 1.29 is 41.8 Å². The molecule has 5 atom stereocenters. The van der Waals surface area contributed by atoms with Gasteiger partial charge in [0.25, 0.3) is 0 Å². The van der Waals surface area contributed by atoms with Gasteiger partial charge in [-0.25, -0.2) is 9.56 Å². The molecular formula is C26H29F2N4O7P. The molecule has 2 aromatic carbocycles. The van der Waals surface area contributed by atoms with E-state index in [0.29, 0.717) is 0 Å². The standard InChI is InChI=1S/C26H29F2N4O7P/c1-17(24(34)36-15-19-9-5-3-6-10-19)31-40(35,39-20-11-7-4-8-12-20)37-16-21-23(33)26(27,28)25(38-21)32-14-13-22(29)30-18(32)2/h3-14,17,21,23,25,33H,2,15-16H2,1H3,(H2,29,30)(H,31,35)/t17-,21+,23-,25+,40?/m0/s1. The zero-order valence-electron chi connectivity index (χ0n) is 21.4. The average molecular weight is 579 g/mol. The topological polar surface area (TPSA) is 145 Å². The third-order valence-corrected chi connectivity index (χ3v) is 7.54. The normalized spacial score (nSPS) is 24.2. The number of halogens is 2. The molecule has 2 aromatic rings. The third-order valence-electron chi connectivity index (χ3n) is 5.90. The van der Waals surface area contributed by atoms with Crippen molar-refractivity contribution >= 4 is 19.6 Å². The molecule has 0 amide bonds. The molecule has 1 fully saturated rings. The van der Waals surface area contributed by atoms with Gasteiger partial charge in [0.2, 0.25) is 6.23 Å². The molecular weight excluding hydrogens is 549 g/mol. The summed E-state index contributed by atoms with van der Waals surface area (Å²) in [6.07, 6.45) is -3.51. The van der Waals surface area contributed by atoms with E-state index in [9.17, 15) is 14.5 Å². The summed E-state index contributed by atoms with van der Waals surface area (Å²) < 4.78 is 65.4. The number of amidine groups is 1. The summed E-state index contributed by atoms with van der Waals surface area (Å²) in [7, 11) is -4.41. The number of aliphatic hydroxyl groups excluding tert-OH is 1. The maximum Gasteiger partial charge on any atom is 0.459 e. The Hall–Kier alpha value is -3.61. The fourth-order valence-corrected chi connectivity index (χ4v) is 5.33. The van der Waals surface area contributed by atoms with Crippen LogP contribution in [0.15, 0.2) is 90.3 Å². The maximum atomic E-state index is 15.0. The molecule has 0 spiro atoms. The van der Waals surface area contributed by atoms with Crippen LogP contribution in [0.1, 0.15) is 12.5 Å². The average Bonchev–Trinajstić information content (AvgIpc) is 3.15. The number of hydrogen-bond acceptors (Lipinski definition) is 10. The molecule has 11 nitrogen and oxygen atoms in total. The molecule has 2 heterocycles. The molecule has 214 valence electrons. The number of nitrogens with one attached hydrogen (secondary N) is 1. The Kier molecular flexibility index (Phi) is 9.02. The Morgan fingerprint density at radius 2 is 1.90 bits per heavy atom. The predicted octanol–water partition coefficient (Wildman–Crippen LogP) is 3.29. The van der Waals surface area contributed by atoms with Gasteiger partial charge < -0.3 is 29.7 Å². The van der Waals surface area contributed by atoms with E-state index in [1.165, 1.54) is 31.3 Å². The van der Waals surface area contributed by atoms with E-state index in [-0.39, 0.29) is 24.0 Å². The highest BCUT2D eigenvalue weighted by Gasteiger charge is 2.61. The van der Waals surface area contributed by atoms with Crippen molar-refractivity contribution in [3.05, 3.63) is 90.9 Å². The van der Waals surface area contributed by atoms with Crippen LogP contribution in [0, 0.1) is 0 Å². The van der Waals surface area contributed by atoms with Crippen LogP contribution in [0.3, 0.4) is 0 Å². The second-order valence-electron chi connectivity index (χ2n) is 8.96. The number of rotatable bonds is 11. The number of esters is 1. The van der Waals surface area contributed by atoms with Crippen molar-refractivity contribution in [1.29, 1.82) is 0 Å². The Morgan fingerprint density at radius 1 is 1.25 bits per heavy atom. The van der Waals surface area contributed by atoms with Gasteiger partial charge in [0, 0.05) is 6.20 Å². The van der Waals surface area contributed by atoms with Crippen molar-refractivity contribution in [2.75, 3.05) is 6.61 Å². The lowest BCUT2D eigenvalue weighted by Crippen LogP contribution is -2.47. The number of aliphatic imine (C=N–C) groups is 1. The van der Waals surface area contributed by atoms with Crippen LogP contribution in [-0.2, 0) is 30.0 Å². The predicted molar refractivity (Wildman–Crippen MR) is 141 cm³/mol. The van der Waals surface area contributed by atoms with E-state index in [1.54, 1.807) is 42.5 Å². The van der Waals surface area contributed by atoms with E-state index in [4.69, 9.17) is 24.3 Å². The lowest BCUT2D eigenvalue weighted by atomic mass is 10.1. The van der Waals surface area contributed by atoms with Gasteiger partial charge in [0.05, 0.1) is 6.61 Å². The van der Waals surface area contributed by atoms with Gasteiger partial charge in [-0.05, 0) is 30.7 Å². The highest BCUT2D eigenvalue weighted by atomic mass is 31.2. The number of alkyl halides is 2. The number of carbonyl (C=O) groups excluding carboxylic acids is 1. The smallest absolute Gasteiger partial charge is 0.459 e. The summed E-state index contributed by atoms with van der Waals surface area (Å²) in [4.78, 5) is 17.3. The van der Waals surface area contributed by atoms with Crippen molar-refractivity contribution in [2.24, 2.45) is 10.7 Å². The van der Waals surface area contributed by atoms with E-state index in [0.717, 1.165) is 10.5 Å². The largest absolute Gasteiger partial charge is 0.460 e. The van der Waals surface area contributed by atoms with E-state index < -0.39 is 50.7 Å². The number of nitrogens with two attached hydrogens (primary N) is 1. The first-order chi connectivity index (χ1) is 19.0. The van der Waals surface area contributed by atoms with Crippen LogP contribution < -0.4 is 15.3 Å². The zero-order chi connectivity index (χ0) is 28.9. The Balaban J connectivity index is 1.45. The number of nitrogens with zero attached hydrogens (tertiary/aromatic N) is 2. The van der Waals surface area contributed by atoms with Gasteiger partial charge in [0.1, 0.15) is 36.2 Å². The van der Waals surface area contributed by atoms with Gasteiger partial charge in [0.15, 0.2) is 6.10 Å². The number of para-hydroxylation sites is 1. The summed E-state index contributed by atoms with van der Waals surface area (Å²) in [6.45, 7) is 4.15. The number of benzene rings is 2. The van der Waals surface area contributed by atoms with Crippen molar-refractivity contribution in [3.63, 3.8) is 0 Å². The molecule has 1 unspecified atom stereocenters. The van der Waals surface area contributed by atoms with E-state index in [1.807, 2.05) is 6.07 Å². The molecule has 40 heavy (non-hydrogen) atoms. The highest BCUT2D eigenvalue weighted by Crippen LogP contribution is 2.47. The molecule has 0 aliphatic carbocycles. The first-order valence-corrected chi connectivity index (χ1v) is 13.7. The summed E-state index contributed by atoms with van der Waals surface area (Å²) in [5, 5.41) is 12.8. The first kappa shape index (κ1) is 29.4. The lowest BCUT2D eigenvalue weighted by molar-refractivity contribution is -0.148. The van der Waals surface area contributed by atoms with Crippen LogP contribution in [0.4, 0.5) is 8.78 Å². The van der Waals surface area contributed by atoms with Crippen molar-refractivity contribution in [2.45, 2.75) is 43.9 Å². The molecule has 4 rings (SSSR count). The van der Waals surface area contributed by atoms with Gasteiger partial charge in [-0.1, -0.05) is 55.1 Å². The third kappa shape index (κ3) is 6.93. The van der Waals surface area contributed by atoms with Gasteiger partial charge in [-0.15, -0.1) is 0 Å². The quantitative estimate of drug-likeness (QED) is 0.268. The van der Waals surface area contributed by atoms with Gasteiger partial charge in [-0.3, -0.25) is 9.32 Å². The van der Waals surface area contributed by atoms with Crippen LogP contribution in [0.25, 0.3) is 0 Å². The van der Waals surface area contributed by atoms with Crippen LogP contribution >= 0.6 is 7.75 Å². The fraction of sp³-hybridized carbons (Fsp3) is 0.308. The maximum absolute atomic E-state index is 15.0. The lowest BCUT2D eigenvalue weighted by Gasteiger charge is -2.31. The van der Waals surface area contributed by atoms with Gasteiger partial charge >= 0.3 is 19.6 Å². The molecule has 1 saturated heterocycles. The van der Waals surface area contributed by atoms with E-state index in [2.05, 4.69) is 16.7 Å². The van der Waals surface area contributed by atoms with Crippen LogP contribution in [0.2, 0.25) is 0 Å². The Labute approximate surface area is 229 Å². The minimum Gasteiger partial charge on any atom is -0.460 e. The monoisotopic (exact) mass is 578 g/mol. The zero-order valence-corrected chi connectivity index (χ0v) is 22.3. The second-order valence-corrected chi connectivity index (χ2v) is 10.7. The second kappa shape index (κ2) is 12.3. The first-order valence-electron chi connectivity index (χ1n) is 12.2. The van der Waals surface area contributed by atoms with Crippen molar-refractivity contribution in [3.8, 4) is 5.75 Å². The fourth-order valence-electron chi connectivity index (χ4n) is 3.83. The van der Waals surface area contributed by atoms with E-state index >= 15 is 8.78 Å². The molecule has 0 bridgehead atoms. The summed E-state index contributed by atoms with van der Waals surface area (Å²) in [5.41, 5.74) is 6.31.